The molecule has 0 aliphatic heterocycles. The average molecular weight is 356 g/mol. The molecule has 0 aliphatic carbocycles. The molecule has 1 aromatic carbocycles. The Morgan fingerprint density at radius 3 is 2.62 bits per heavy atom. The molecule has 0 saturated carbocycles. The van der Waals surface area contributed by atoms with Gasteiger partial charge < -0.3 is 16.8 Å². The van der Waals surface area contributed by atoms with Crippen LogP contribution in [0.15, 0.2) is 66.8 Å². The minimum atomic E-state index is 0.177. The number of nitrogens with two attached hydrogens (primary N) is 2. The van der Waals surface area contributed by atoms with E-state index in [1.807, 2.05) is 6.08 Å². The maximum Gasteiger partial charge on any atom is 0.0165 e. The van der Waals surface area contributed by atoms with Gasteiger partial charge in [-0.25, -0.2) is 0 Å². The first-order chi connectivity index (χ1) is 12.7. The van der Waals surface area contributed by atoms with E-state index in [4.69, 9.17) is 11.5 Å². The van der Waals surface area contributed by atoms with Crippen molar-refractivity contribution in [2.45, 2.75) is 57.5 Å². The van der Waals surface area contributed by atoms with Gasteiger partial charge in [0.05, 0.1) is 0 Å². The Kier molecular flexibility index (Phi) is 12.5. The SMILES string of the molecule is C=C/C=C(\C=C/C)CCC(CCc1ccccc1)NC[C@@H](N)CCCN. The predicted octanol–water partition coefficient (Wildman–Crippen LogP) is 4.11. The Morgan fingerprint density at radius 2 is 1.96 bits per heavy atom. The lowest BCUT2D eigenvalue weighted by Crippen LogP contribution is -2.40. The minimum Gasteiger partial charge on any atom is -0.330 e. The van der Waals surface area contributed by atoms with Gasteiger partial charge in [-0.3, -0.25) is 0 Å². The highest BCUT2D eigenvalue weighted by molar-refractivity contribution is 5.22. The molecule has 144 valence electrons. The number of nitrogens with one attached hydrogen (secondary N) is 1. The van der Waals surface area contributed by atoms with Gasteiger partial charge in [0, 0.05) is 18.6 Å². The van der Waals surface area contributed by atoms with Gasteiger partial charge in [-0.1, -0.05) is 61.2 Å². The molecule has 3 heteroatoms. The molecule has 0 spiro atoms. The lowest BCUT2D eigenvalue weighted by molar-refractivity contribution is 0.422. The predicted molar refractivity (Wildman–Crippen MR) is 115 cm³/mol. The molecular formula is C23H37N3. The van der Waals surface area contributed by atoms with Gasteiger partial charge >= 0.3 is 0 Å². The molecule has 26 heavy (non-hydrogen) atoms. The molecular weight excluding hydrogens is 318 g/mol. The summed E-state index contributed by atoms with van der Waals surface area (Å²) in [6.45, 7) is 7.44. The lowest BCUT2D eigenvalue weighted by Gasteiger charge is -2.22. The van der Waals surface area contributed by atoms with Gasteiger partial charge in [-0.05, 0) is 63.1 Å². The zero-order valence-electron chi connectivity index (χ0n) is 16.4. The fourth-order valence-corrected chi connectivity index (χ4v) is 3.06. The molecule has 1 rings (SSSR count). The van der Waals surface area contributed by atoms with E-state index in [1.54, 1.807) is 0 Å². The molecule has 1 unspecified atom stereocenters. The van der Waals surface area contributed by atoms with Crippen LogP contribution in [0, 0.1) is 0 Å². The molecule has 0 aliphatic rings. The maximum atomic E-state index is 6.21. The Labute approximate surface area is 160 Å². The van der Waals surface area contributed by atoms with Crippen LogP contribution in [0.25, 0.3) is 0 Å². The molecule has 3 nitrogen and oxygen atoms in total. The zero-order valence-corrected chi connectivity index (χ0v) is 16.4. The van der Waals surface area contributed by atoms with Crippen molar-refractivity contribution in [1.29, 1.82) is 0 Å². The van der Waals surface area contributed by atoms with Crippen LogP contribution in [-0.2, 0) is 6.42 Å². The van der Waals surface area contributed by atoms with E-state index in [1.165, 1.54) is 11.1 Å². The summed E-state index contributed by atoms with van der Waals surface area (Å²) in [4.78, 5) is 0. The van der Waals surface area contributed by atoms with Crippen LogP contribution in [0.5, 0.6) is 0 Å². The van der Waals surface area contributed by atoms with Gasteiger partial charge in [0.2, 0.25) is 0 Å². The molecule has 1 aromatic rings. The molecule has 0 radical (unpaired) electrons. The van der Waals surface area contributed by atoms with Crippen LogP contribution in [0.1, 0.15) is 44.6 Å². The summed E-state index contributed by atoms with van der Waals surface area (Å²) in [6, 6.07) is 11.3. The van der Waals surface area contributed by atoms with E-state index in [0.29, 0.717) is 12.6 Å². The fraction of sp³-hybridized carbons (Fsp3) is 0.478. The van der Waals surface area contributed by atoms with Crippen molar-refractivity contribution in [3.63, 3.8) is 0 Å². The summed E-state index contributed by atoms with van der Waals surface area (Å²) in [5.74, 6) is 0. The second-order valence-corrected chi connectivity index (χ2v) is 6.84. The van der Waals surface area contributed by atoms with Gasteiger partial charge in [-0.15, -0.1) is 0 Å². The molecule has 5 N–H and O–H groups in total. The largest absolute Gasteiger partial charge is 0.330 e. The minimum absolute atomic E-state index is 0.177. The number of hydrogen-bond donors (Lipinski definition) is 3. The van der Waals surface area contributed by atoms with Crippen LogP contribution >= 0.6 is 0 Å². The van der Waals surface area contributed by atoms with Crippen molar-refractivity contribution in [3.05, 3.63) is 72.4 Å². The van der Waals surface area contributed by atoms with Crippen LogP contribution in [0.3, 0.4) is 0 Å². The summed E-state index contributed by atoms with van der Waals surface area (Å²) < 4.78 is 0. The van der Waals surface area contributed by atoms with Crippen LogP contribution < -0.4 is 16.8 Å². The van der Waals surface area contributed by atoms with E-state index < -0.39 is 0 Å². The molecule has 2 atom stereocenters. The lowest BCUT2D eigenvalue weighted by atomic mass is 9.98. The molecule has 0 heterocycles. The van der Waals surface area contributed by atoms with Crippen LogP contribution in [-0.4, -0.2) is 25.2 Å². The van der Waals surface area contributed by atoms with Crippen molar-refractivity contribution in [3.8, 4) is 0 Å². The third kappa shape index (κ3) is 10.3. The molecule has 0 bridgehead atoms. The normalized spacial score (nSPS) is 14.5. The van der Waals surface area contributed by atoms with E-state index in [0.717, 1.165) is 45.1 Å². The Morgan fingerprint density at radius 1 is 1.19 bits per heavy atom. The van der Waals surface area contributed by atoms with Crippen molar-refractivity contribution < 1.29 is 0 Å². The average Bonchev–Trinajstić information content (AvgIpc) is 2.66. The van der Waals surface area contributed by atoms with Crippen LogP contribution in [0.2, 0.25) is 0 Å². The number of hydrogen-bond acceptors (Lipinski definition) is 3. The van der Waals surface area contributed by atoms with Gasteiger partial charge in [-0.2, -0.15) is 0 Å². The highest BCUT2D eigenvalue weighted by atomic mass is 14.9. The van der Waals surface area contributed by atoms with Crippen molar-refractivity contribution in [1.82, 2.24) is 5.32 Å². The Hall–Kier alpha value is -1.68. The van der Waals surface area contributed by atoms with Gasteiger partial charge in [0.15, 0.2) is 0 Å². The zero-order chi connectivity index (χ0) is 19.0. The van der Waals surface area contributed by atoms with Crippen molar-refractivity contribution in [2.24, 2.45) is 11.5 Å². The first kappa shape index (κ1) is 22.4. The number of rotatable bonds is 14. The van der Waals surface area contributed by atoms with E-state index >= 15 is 0 Å². The van der Waals surface area contributed by atoms with E-state index in [9.17, 15) is 0 Å². The summed E-state index contributed by atoms with van der Waals surface area (Å²) in [5, 5.41) is 3.70. The number of allylic oxidation sites excluding steroid dienone is 5. The highest BCUT2D eigenvalue weighted by Gasteiger charge is 2.11. The Bertz CT molecular complexity index is 534. The highest BCUT2D eigenvalue weighted by Crippen LogP contribution is 2.14. The number of benzene rings is 1. The third-order valence-electron chi connectivity index (χ3n) is 4.57. The van der Waals surface area contributed by atoms with Crippen LogP contribution in [0.4, 0.5) is 0 Å². The van der Waals surface area contributed by atoms with Crippen molar-refractivity contribution >= 4 is 0 Å². The number of aryl methyl sites for hydroxylation is 1. The molecule has 0 saturated heterocycles. The smallest absolute Gasteiger partial charge is 0.0165 e. The summed E-state index contributed by atoms with van der Waals surface area (Å²) >= 11 is 0. The quantitative estimate of drug-likeness (QED) is 0.440. The standard InChI is InChI=1S/C23H37N3/c1-3-9-20(10-4-2)14-16-23(26-19-22(25)13-8-18-24)17-15-21-11-6-5-7-12-21/h3-7,9-12,22-23,26H,1,8,13-19,24-25H2,2H3/b10-4-,20-9+/t22-,23?/m0/s1. The topological polar surface area (TPSA) is 64.1 Å². The summed E-state index contributed by atoms with van der Waals surface area (Å²) in [5.41, 5.74) is 14.5. The summed E-state index contributed by atoms with van der Waals surface area (Å²) in [7, 11) is 0. The van der Waals surface area contributed by atoms with Gasteiger partial charge in [0.25, 0.3) is 0 Å². The monoisotopic (exact) mass is 355 g/mol. The third-order valence-corrected chi connectivity index (χ3v) is 4.57. The van der Waals surface area contributed by atoms with E-state index in [-0.39, 0.29) is 6.04 Å². The molecule has 0 amide bonds. The summed E-state index contributed by atoms with van der Waals surface area (Å²) in [6.07, 6.45) is 14.5. The van der Waals surface area contributed by atoms with Gasteiger partial charge in [0.1, 0.15) is 0 Å². The second-order valence-electron chi connectivity index (χ2n) is 6.84. The maximum absolute atomic E-state index is 6.21. The first-order valence-electron chi connectivity index (χ1n) is 9.86. The fourth-order valence-electron chi connectivity index (χ4n) is 3.06. The molecule has 0 fully saturated rings. The van der Waals surface area contributed by atoms with E-state index in [2.05, 4.69) is 67.4 Å². The first-order valence-corrected chi connectivity index (χ1v) is 9.86. The molecule has 0 aromatic heterocycles. The van der Waals surface area contributed by atoms with Crippen molar-refractivity contribution in [2.75, 3.05) is 13.1 Å². The second kappa shape index (κ2) is 14.5. The Balaban J connectivity index is 2.58.